The predicted molar refractivity (Wildman–Crippen MR) is 152 cm³/mol. The fourth-order valence-corrected chi connectivity index (χ4v) is 2.92. The molecule has 2 aromatic rings. The van der Waals surface area contributed by atoms with Gasteiger partial charge in [-0.05, 0) is 55.5 Å². The molecule has 0 unspecified atom stereocenters. The van der Waals surface area contributed by atoms with E-state index in [-0.39, 0.29) is 31.0 Å². The molecular formula is C27H40N6O8. The zero-order valence-electron chi connectivity index (χ0n) is 22.7. The molecule has 0 fully saturated rings. The Morgan fingerprint density at radius 1 is 0.854 bits per heavy atom. The second kappa shape index (κ2) is 21.3. The molecule has 0 spiro atoms. The molecule has 2 aromatic carbocycles. The minimum Gasteiger partial charge on any atom is -0.481 e. The molecule has 14 heteroatoms. The van der Waals surface area contributed by atoms with Gasteiger partial charge in [-0.25, -0.2) is 4.79 Å². The molecule has 0 amide bonds. The third-order valence-electron chi connectivity index (χ3n) is 5.07. The van der Waals surface area contributed by atoms with Crippen molar-refractivity contribution in [3.05, 3.63) is 65.7 Å². The molecule has 0 aliphatic rings. The second-order valence-electron chi connectivity index (χ2n) is 8.63. The van der Waals surface area contributed by atoms with Crippen molar-refractivity contribution in [2.24, 2.45) is 22.9 Å². The number of nitrogens with two attached hydrogens (primary N) is 4. The maximum atomic E-state index is 11.6. The van der Waals surface area contributed by atoms with Crippen LogP contribution in [0.25, 0.3) is 0 Å². The van der Waals surface area contributed by atoms with E-state index in [1.165, 1.54) is 29.8 Å². The normalized spacial score (nSPS) is 11.3. The Bertz CT molecular complexity index is 1080. The molecule has 0 saturated heterocycles. The lowest BCUT2D eigenvalue weighted by Crippen LogP contribution is -2.34. The highest BCUT2D eigenvalue weighted by Crippen LogP contribution is 2.14. The Morgan fingerprint density at radius 3 is 1.95 bits per heavy atom. The number of guanidine groups is 1. The molecule has 0 bridgehead atoms. The summed E-state index contributed by atoms with van der Waals surface area (Å²) >= 11 is 0. The van der Waals surface area contributed by atoms with E-state index in [1.807, 2.05) is 18.2 Å². The molecule has 0 heterocycles. The summed E-state index contributed by atoms with van der Waals surface area (Å²) in [5.41, 5.74) is 23.0. The van der Waals surface area contributed by atoms with Crippen molar-refractivity contribution in [2.75, 3.05) is 13.1 Å². The molecular weight excluding hydrogens is 536 g/mol. The maximum Gasteiger partial charge on any atom is 0.328 e. The molecule has 0 aliphatic carbocycles. The molecule has 0 saturated carbocycles. The third-order valence-corrected chi connectivity index (χ3v) is 5.07. The Labute approximate surface area is 238 Å². The Kier molecular flexibility index (Phi) is 19.0. The van der Waals surface area contributed by atoms with Crippen molar-refractivity contribution in [3.8, 4) is 5.75 Å². The summed E-state index contributed by atoms with van der Waals surface area (Å²) in [4.78, 5) is 42.6. The van der Waals surface area contributed by atoms with Crippen LogP contribution in [-0.2, 0) is 32.0 Å². The van der Waals surface area contributed by atoms with Crippen LogP contribution in [0.2, 0.25) is 0 Å². The average Bonchev–Trinajstić information content (AvgIpc) is 2.91. The Balaban J connectivity index is 0.000000645. The number of aliphatic carboxylic acids is 3. The number of carbonyl (C=O) groups excluding carboxylic acids is 1. The molecule has 2 rings (SSSR count). The SMILES string of the molecule is N=C(N)NCCC[C@H](N)C(=O)O.NCCc1ccccc1.N[C@@H](CCC(=O)O)C(=O)Oc1ccc(CC(=O)O)cc1. The van der Waals surface area contributed by atoms with E-state index in [2.05, 4.69) is 17.4 Å². The van der Waals surface area contributed by atoms with Gasteiger partial charge < -0.3 is 48.3 Å². The van der Waals surface area contributed by atoms with Crippen LogP contribution in [-0.4, -0.2) is 70.3 Å². The van der Waals surface area contributed by atoms with Crippen LogP contribution in [0.15, 0.2) is 54.6 Å². The van der Waals surface area contributed by atoms with Gasteiger partial charge >= 0.3 is 23.9 Å². The zero-order chi connectivity index (χ0) is 31.2. The van der Waals surface area contributed by atoms with Crippen LogP contribution in [0.3, 0.4) is 0 Å². The zero-order valence-corrected chi connectivity index (χ0v) is 22.7. The van der Waals surface area contributed by atoms with E-state index in [4.69, 9.17) is 48.4 Å². The summed E-state index contributed by atoms with van der Waals surface area (Å²) in [5.74, 6) is -3.60. The monoisotopic (exact) mass is 576 g/mol. The van der Waals surface area contributed by atoms with Crippen molar-refractivity contribution in [2.45, 2.75) is 50.6 Å². The van der Waals surface area contributed by atoms with Gasteiger partial charge in [0.2, 0.25) is 0 Å². The average molecular weight is 577 g/mol. The van der Waals surface area contributed by atoms with Gasteiger partial charge in [0, 0.05) is 13.0 Å². The number of hydrogen-bond donors (Lipinski definition) is 9. The Hall–Kier alpha value is -4.53. The first-order valence-electron chi connectivity index (χ1n) is 12.7. The van der Waals surface area contributed by atoms with Gasteiger partial charge in [0.15, 0.2) is 5.96 Å². The number of carboxylic acid groups (broad SMARTS) is 3. The van der Waals surface area contributed by atoms with Crippen molar-refractivity contribution in [3.63, 3.8) is 0 Å². The van der Waals surface area contributed by atoms with Gasteiger partial charge in [0.05, 0.1) is 6.42 Å². The minimum absolute atomic E-state index is 0.00867. The van der Waals surface area contributed by atoms with Gasteiger partial charge in [0.25, 0.3) is 0 Å². The van der Waals surface area contributed by atoms with Crippen LogP contribution in [0, 0.1) is 5.41 Å². The first kappa shape index (κ1) is 36.5. The van der Waals surface area contributed by atoms with Gasteiger partial charge in [0.1, 0.15) is 17.8 Å². The van der Waals surface area contributed by atoms with Crippen molar-refractivity contribution < 1.29 is 39.2 Å². The topological polar surface area (TPSA) is 278 Å². The van der Waals surface area contributed by atoms with Gasteiger partial charge in [-0.2, -0.15) is 0 Å². The second-order valence-corrected chi connectivity index (χ2v) is 8.63. The van der Waals surface area contributed by atoms with Crippen LogP contribution in [0.4, 0.5) is 0 Å². The number of nitrogens with one attached hydrogen (secondary N) is 2. The van der Waals surface area contributed by atoms with Crippen LogP contribution < -0.4 is 33.0 Å². The van der Waals surface area contributed by atoms with Crippen LogP contribution in [0.1, 0.15) is 36.8 Å². The predicted octanol–water partition coefficient (Wildman–Crippen LogP) is 0.261. The van der Waals surface area contributed by atoms with E-state index in [0.717, 1.165) is 13.0 Å². The highest BCUT2D eigenvalue weighted by molar-refractivity contribution is 5.79. The third kappa shape index (κ3) is 20.1. The molecule has 14 nitrogen and oxygen atoms in total. The minimum atomic E-state index is -1.04. The number of rotatable bonds is 14. The maximum absolute atomic E-state index is 11.6. The van der Waals surface area contributed by atoms with E-state index in [0.29, 0.717) is 24.9 Å². The molecule has 41 heavy (non-hydrogen) atoms. The standard InChI is InChI=1S/C13H15NO6.C8H11N.C6H14N4O2/c14-10(5-6-11(15)16)13(19)20-9-3-1-8(2-4-9)7-12(17)18;9-7-6-8-4-2-1-3-5-8;7-4(5(11)12)2-1-3-10-6(8)9/h1-4,10H,5-7,14H2,(H,15,16)(H,17,18);1-5H,6-7,9H2;4H,1-3,7H2,(H,11,12)(H4,8,9,10)/t10-;;4-/m0.0/s1. The van der Waals surface area contributed by atoms with Crippen molar-refractivity contribution in [1.29, 1.82) is 5.41 Å². The Morgan fingerprint density at radius 2 is 1.46 bits per heavy atom. The molecule has 226 valence electrons. The van der Waals surface area contributed by atoms with E-state index >= 15 is 0 Å². The quantitative estimate of drug-likeness (QED) is 0.0480. The lowest BCUT2D eigenvalue weighted by Gasteiger charge is -2.10. The number of ether oxygens (including phenoxy) is 1. The van der Waals surface area contributed by atoms with Crippen LogP contribution in [0.5, 0.6) is 5.75 Å². The highest BCUT2D eigenvalue weighted by Gasteiger charge is 2.17. The summed E-state index contributed by atoms with van der Waals surface area (Å²) in [5, 5.41) is 34.8. The number of carbonyl (C=O) groups is 4. The van der Waals surface area contributed by atoms with E-state index in [9.17, 15) is 19.2 Å². The summed E-state index contributed by atoms with van der Waals surface area (Å²) in [6, 6.07) is 14.4. The summed E-state index contributed by atoms with van der Waals surface area (Å²) in [7, 11) is 0. The largest absolute Gasteiger partial charge is 0.481 e. The van der Waals surface area contributed by atoms with E-state index in [1.54, 1.807) is 0 Å². The molecule has 0 radical (unpaired) electrons. The van der Waals surface area contributed by atoms with Gasteiger partial charge in [-0.1, -0.05) is 42.5 Å². The summed E-state index contributed by atoms with van der Waals surface area (Å²) in [6.45, 7) is 1.22. The fraction of sp³-hybridized carbons (Fsp3) is 0.370. The lowest BCUT2D eigenvalue weighted by atomic mass is 10.1. The summed E-state index contributed by atoms with van der Waals surface area (Å²) < 4.78 is 4.96. The first-order valence-corrected chi connectivity index (χ1v) is 12.7. The highest BCUT2D eigenvalue weighted by atomic mass is 16.5. The number of benzene rings is 2. The van der Waals surface area contributed by atoms with Crippen molar-refractivity contribution >= 4 is 29.8 Å². The molecule has 0 aliphatic heterocycles. The number of carboxylic acids is 3. The molecule has 0 aromatic heterocycles. The van der Waals surface area contributed by atoms with Crippen molar-refractivity contribution in [1.82, 2.24) is 5.32 Å². The smallest absolute Gasteiger partial charge is 0.328 e. The van der Waals surface area contributed by atoms with Gasteiger partial charge in [-0.15, -0.1) is 0 Å². The molecule has 2 atom stereocenters. The number of hydrogen-bond acceptors (Lipinski definition) is 9. The summed E-state index contributed by atoms with van der Waals surface area (Å²) in [6.07, 6.45) is 1.62. The van der Waals surface area contributed by atoms with E-state index < -0.39 is 36.0 Å². The fourth-order valence-electron chi connectivity index (χ4n) is 2.92. The lowest BCUT2D eigenvalue weighted by molar-refractivity contribution is -0.140. The molecule has 13 N–H and O–H groups in total. The van der Waals surface area contributed by atoms with Gasteiger partial charge in [-0.3, -0.25) is 19.8 Å². The van der Waals surface area contributed by atoms with Crippen LogP contribution >= 0.6 is 0 Å². The first-order chi connectivity index (χ1) is 19.3. The number of esters is 1.